The molecule has 0 N–H and O–H groups in total. The Balaban J connectivity index is 1.80. The van der Waals surface area contributed by atoms with Crippen LogP contribution in [0.3, 0.4) is 0 Å². The van der Waals surface area contributed by atoms with Crippen LogP contribution in [0.2, 0.25) is 0 Å². The minimum absolute atomic E-state index is 0.821. The van der Waals surface area contributed by atoms with Crippen molar-refractivity contribution in [2.24, 2.45) is 0 Å². The molecular weight excluding hydrogens is 296 g/mol. The number of hydrogen-bond donors (Lipinski definition) is 0. The smallest absolute Gasteiger partial charge is 0.128 e. The summed E-state index contributed by atoms with van der Waals surface area (Å²) in [5.41, 5.74) is 1.95. The zero-order chi connectivity index (χ0) is 15.4. The van der Waals surface area contributed by atoms with Gasteiger partial charge in [0.05, 0.1) is 26.5 Å². The third-order valence-corrected chi connectivity index (χ3v) is 4.88. The Morgan fingerprint density at radius 2 is 1.95 bits per heavy atom. The molecule has 3 rings (SSSR count). The number of ether oxygens (including phenoxy) is 2. The SMILES string of the molecule is COc1ccc(OC)c(-c2csc(CN3CCCCC3)n2)c1. The van der Waals surface area contributed by atoms with Crippen molar-refractivity contribution in [3.8, 4) is 22.8 Å². The van der Waals surface area contributed by atoms with Gasteiger partial charge in [-0.2, -0.15) is 0 Å². The minimum Gasteiger partial charge on any atom is -0.497 e. The molecule has 2 aromatic rings. The largest absolute Gasteiger partial charge is 0.497 e. The highest BCUT2D eigenvalue weighted by atomic mass is 32.1. The normalized spacial score (nSPS) is 15.7. The molecule has 1 aromatic carbocycles. The average molecular weight is 318 g/mol. The van der Waals surface area contributed by atoms with Gasteiger partial charge in [-0.1, -0.05) is 6.42 Å². The van der Waals surface area contributed by atoms with Crippen LogP contribution in [0.4, 0.5) is 0 Å². The Morgan fingerprint density at radius 3 is 2.68 bits per heavy atom. The molecule has 0 amide bonds. The third-order valence-electron chi connectivity index (χ3n) is 4.04. The second-order valence-electron chi connectivity index (χ2n) is 5.53. The summed E-state index contributed by atoms with van der Waals surface area (Å²) < 4.78 is 10.8. The van der Waals surface area contributed by atoms with Crippen LogP contribution in [0, 0.1) is 0 Å². The van der Waals surface area contributed by atoms with Gasteiger partial charge in [0, 0.05) is 10.9 Å². The van der Waals surface area contributed by atoms with Crippen LogP contribution >= 0.6 is 11.3 Å². The van der Waals surface area contributed by atoms with Gasteiger partial charge in [0.1, 0.15) is 16.5 Å². The van der Waals surface area contributed by atoms with E-state index in [4.69, 9.17) is 14.5 Å². The van der Waals surface area contributed by atoms with Crippen molar-refractivity contribution >= 4 is 11.3 Å². The molecule has 1 saturated heterocycles. The highest BCUT2D eigenvalue weighted by Gasteiger charge is 2.15. The predicted octanol–water partition coefficient (Wildman–Crippen LogP) is 3.81. The van der Waals surface area contributed by atoms with Crippen LogP contribution in [0.5, 0.6) is 11.5 Å². The molecule has 1 aliphatic rings. The number of aromatic nitrogens is 1. The van der Waals surface area contributed by atoms with Gasteiger partial charge < -0.3 is 9.47 Å². The van der Waals surface area contributed by atoms with E-state index in [1.807, 2.05) is 18.2 Å². The van der Waals surface area contributed by atoms with E-state index in [9.17, 15) is 0 Å². The second-order valence-corrected chi connectivity index (χ2v) is 6.47. The second kappa shape index (κ2) is 7.11. The van der Waals surface area contributed by atoms with Crippen molar-refractivity contribution in [3.05, 3.63) is 28.6 Å². The van der Waals surface area contributed by atoms with Crippen molar-refractivity contribution < 1.29 is 9.47 Å². The summed E-state index contributed by atoms with van der Waals surface area (Å²) >= 11 is 1.72. The Bertz CT molecular complexity index is 621. The van der Waals surface area contributed by atoms with Crippen molar-refractivity contribution in [1.29, 1.82) is 0 Å². The predicted molar refractivity (Wildman–Crippen MR) is 89.8 cm³/mol. The van der Waals surface area contributed by atoms with E-state index in [2.05, 4.69) is 10.3 Å². The molecule has 1 aliphatic heterocycles. The van der Waals surface area contributed by atoms with E-state index < -0.39 is 0 Å². The lowest BCUT2D eigenvalue weighted by atomic mass is 10.1. The number of hydrogen-bond acceptors (Lipinski definition) is 5. The standard InChI is InChI=1S/C17H22N2O2S/c1-20-13-6-7-16(21-2)14(10-13)15-12-22-17(18-15)11-19-8-4-3-5-9-19/h6-7,10,12H,3-5,8-9,11H2,1-2H3. The summed E-state index contributed by atoms with van der Waals surface area (Å²) in [7, 11) is 3.36. The minimum atomic E-state index is 0.821. The molecule has 118 valence electrons. The maximum Gasteiger partial charge on any atom is 0.128 e. The molecule has 0 saturated carbocycles. The van der Waals surface area contributed by atoms with Crippen molar-refractivity contribution in [1.82, 2.24) is 9.88 Å². The van der Waals surface area contributed by atoms with E-state index >= 15 is 0 Å². The van der Waals surface area contributed by atoms with Crippen LogP contribution in [0.25, 0.3) is 11.3 Å². The van der Waals surface area contributed by atoms with Gasteiger partial charge in [-0.3, -0.25) is 4.90 Å². The van der Waals surface area contributed by atoms with Crippen LogP contribution in [-0.4, -0.2) is 37.2 Å². The fraction of sp³-hybridized carbons (Fsp3) is 0.471. The number of likely N-dealkylation sites (tertiary alicyclic amines) is 1. The van der Waals surface area contributed by atoms with E-state index in [0.29, 0.717) is 0 Å². The zero-order valence-corrected chi connectivity index (χ0v) is 14.0. The van der Waals surface area contributed by atoms with Gasteiger partial charge in [-0.25, -0.2) is 4.98 Å². The molecule has 5 heteroatoms. The van der Waals surface area contributed by atoms with Crippen molar-refractivity contribution in [2.75, 3.05) is 27.3 Å². The molecule has 2 heterocycles. The van der Waals surface area contributed by atoms with Crippen LogP contribution < -0.4 is 9.47 Å². The van der Waals surface area contributed by atoms with Gasteiger partial charge in [0.15, 0.2) is 0 Å². The third kappa shape index (κ3) is 3.42. The summed E-state index contributed by atoms with van der Waals surface area (Å²) in [6.07, 6.45) is 3.98. The number of thiazole rings is 1. The number of methoxy groups -OCH3 is 2. The molecule has 0 unspecified atom stereocenters. The van der Waals surface area contributed by atoms with Gasteiger partial charge in [0.2, 0.25) is 0 Å². The monoisotopic (exact) mass is 318 g/mol. The topological polar surface area (TPSA) is 34.6 Å². The first-order valence-corrected chi connectivity index (χ1v) is 8.57. The molecular formula is C17H22N2O2S. The summed E-state index contributed by atoms with van der Waals surface area (Å²) in [5.74, 6) is 1.65. The van der Waals surface area contributed by atoms with E-state index in [1.165, 1.54) is 37.4 Å². The first kappa shape index (κ1) is 15.3. The lowest BCUT2D eigenvalue weighted by Crippen LogP contribution is -2.28. The van der Waals surface area contributed by atoms with Crippen LogP contribution in [-0.2, 0) is 6.54 Å². The van der Waals surface area contributed by atoms with Gasteiger partial charge in [0.25, 0.3) is 0 Å². The van der Waals surface area contributed by atoms with Crippen molar-refractivity contribution in [2.45, 2.75) is 25.8 Å². The number of nitrogens with zero attached hydrogens (tertiary/aromatic N) is 2. The molecule has 0 aliphatic carbocycles. The lowest BCUT2D eigenvalue weighted by Gasteiger charge is -2.25. The van der Waals surface area contributed by atoms with E-state index in [1.54, 1.807) is 25.6 Å². The Kier molecular flexibility index (Phi) is 4.95. The summed E-state index contributed by atoms with van der Waals surface area (Å²) in [6, 6.07) is 5.82. The molecule has 1 aromatic heterocycles. The molecule has 0 bridgehead atoms. The summed E-state index contributed by atoms with van der Waals surface area (Å²) in [6.45, 7) is 3.34. The molecule has 0 atom stereocenters. The molecule has 4 nitrogen and oxygen atoms in total. The number of piperidine rings is 1. The molecule has 0 spiro atoms. The quantitative estimate of drug-likeness (QED) is 0.839. The average Bonchev–Trinajstić information content (AvgIpc) is 3.03. The van der Waals surface area contributed by atoms with Gasteiger partial charge in [-0.15, -0.1) is 11.3 Å². The zero-order valence-electron chi connectivity index (χ0n) is 13.2. The lowest BCUT2D eigenvalue weighted by molar-refractivity contribution is 0.220. The molecule has 1 fully saturated rings. The highest BCUT2D eigenvalue weighted by molar-refractivity contribution is 7.09. The first-order valence-electron chi connectivity index (χ1n) is 7.69. The van der Waals surface area contributed by atoms with Crippen molar-refractivity contribution in [3.63, 3.8) is 0 Å². The summed E-state index contributed by atoms with van der Waals surface area (Å²) in [4.78, 5) is 7.29. The maximum absolute atomic E-state index is 5.46. The Morgan fingerprint density at radius 1 is 1.14 bits per heavy atom. The van der Waals surface area contributed by atoms with Gasteiger partial charge in [-0.05, 0) is 44.1 Å². The fourth-order valence-corrected chi connectivity index (χ4v) is 3.67. The first-order chi connectivity index (χ1) is 10.8. The Hall–Kier alpha value is -1.59. The van der Waals surface area contributed by atoms with Crippen LogP contribution in [0.15, 0.2) is 23.6 Å². The maximum atomic E-state index is 5.46. The number of benzene rings is 1. The van der Waals surface area contributed by atoms with Gasteiger partial charge >= 0.3 is 0 Å². The highest BCUT2D eigenvalue weighted by Crippen LogP contribution is 2.34. The number of rotatable bonds is 5. The van der Waals surface area contributed by atoms with Crippen LogP contribution in [0.1, 0.15) is 24.3 Å². The fourth-order valence-electron chi connectivity index (χ4n) is 2.83. The van der Waals surface area contributed by atoms with E-state index in [-0.39, 0.29) is 0 Å². The molecule has 0 radical (unpaired) electrons. The Labute approximate surface area is 135 Å². The molecule has 22 heavy (non-hydrogen) atoms. The van der Waals surface area contributed by atoms with E-state index in [0.717, 1.165) is 29.3 Å². The summed E-state index contributed by atoms with van der Waals surface area (Å²) in [5, 5.41) is 3.28.